The maximum Gasteiger partial charge on any atom is 0.303 e. The third kappa shape index (κ3) is 4.65. The van der Waals surface area contributed by atoms with Crippen LogP contribution in [0.3, 0.4) is 0 Å². The molecule has 8 heteroatoms. The van der Waals surface area contributed by atoms with Crippen molar-refractivity contribution in [2.45, 2.75) is 31.6 Å². The van der Waals surface area contributed by atoms with Gasteiger partial charge in [-0.25, -0.2) is 0 Å². The van der Waals surface area contributed by atoms with Crippen LogP contribution >= 0.6 is 11.3 Å². The maximum absolute atomic E-state index is 12.5. The van der Waals surface area contributed by atoms with Crippen molar-refractivity contribution in [2.24, 2.45) is 5.10 Å². The summed E-state index contributed by atoms with van der Waals surface area (Å²) in [5.41, 5.74) is 1.85. The highest BCUT2D eigenvalue weighted by atomic mass is 32.2. The number of nitrogens with one attached hydrogen (secondary N) is 1. The molecule has 0 unspecified atom stereocenters. The van der Waals surface area contributed by atoms with Crippen LogP contribution in [0.25, 0.3) is 0 Å². The monoisotopic (exact) mass is 366 g/mol. The Balaban J connectivity index is 2.29. The fraction of sp³-hybridized carbons (Fsp3) is 0.250. The fourth-order valence-electron chi connectivity index (χ4n) is 2.06. The van der Waals surface area contributed by atoms with Crippen LogP contribution in [0.15, 0.2) is 45.7 Å². The highest BCUT2D eigenvalue weighted by Crippen LogP contribution is 2.18. The van der Waals surface area contributed by atoms with Crippen molar-refractivity contribution in [3.63, 3.8) is 0 Å². The summed E-state index contributed by atoms with van der Waals surface area (Å²) in [6.07, 6.45) is 0.0209. The smallest absolute Gasteiger partial charge is 0.303 e. The molecule has 0 fully saturated rings. The molecule has 1 heterocycles. The number of nitrogens with zero attached hydrogens (tertiary/aromatic N) is 1. The molecular weight excluding hydrogens is 348 g/mol. The SMILES string of the molecule is Cc1ccc(C)c(S(=O)(=O)N/N=C(/CCC(=O)O)c2cccs2)c1. The molecule has 0 atom stereocenters. The molecule has 2 rings (SSSR count). The highest BCUT2D eigenvalue weighted by Gasteiger charge is 2.17. The molecule has 2 N–H and O–H groups in total. The van der Waals surface area contributed by atoms with Crippen molar-refractivity contribution in [3.8, 4) is 0 Å². The summed E-state index contributed by atoms with van der Waals surface area (Å²) in [4.78, 5) is 13.9. The molecule has 0 saturated heterocycles. The number of carboxylic acids is 1. The van der Waals surface area contributed by atoms with E-state index >= 15 is 0 Å². The zero-order valence-electron chi connectivity index (χ0n) is 13.3. The van der Waals surface area contributed by atoms with E-state index in [9.17, 15) is 13.2 Å². The third-order valence-electron chi connectivity index (χ3n) is 3.32. The minimum absolute atomic E-state index is 0.123. The van der Waals surface area contributed by atoms with Gasteiger partial charge in [-0.1, -0.05) is 18.2 Å². The van der Waals surface area contributed by atoms with E-state index in [1.165, 1.54) is 11.3 Å². The van der Waals surface area contributed by atoms with Gasteiger partial charge in [0.2, 0.25) is 0 Å². The Morgan fingerprint density at radius 1 is 1.25 bits per heavy atom. The number of sulfonamides is 1. The van der Waals surface area contributed by atoms with E-state index in [1.54, 1.807) is 31.2 Å². The Kier molecular flexibility index (Phi) is 5.74. The zero-order valence-corrected chi connectivity index (χ0v) is 14.9. The van der Waals surface area contributed by atoms with Crippen molar-refractivity contribution >= 4 is 33.0 Å². The molecule has 0 aliphatic heterocycles. The molecule has 0 bridgehead atoms. The number of hydrogen-bond acceptors (Lipinski definition) is 5. The second-order valence-corrected chi connectivity index (χ2v) is 7.87. The van der Waals surface area contributed by atoms with E-state index in [0.29, 0.717) is 11.3 Å². The van der Waals surface area contributed by atoms with Crippen molar-refractivity contribution in [1.29, 1.82) is 0 Å². The van der Waals surface area contributed by atoms with Gasteiger partial charge in [0.25, 0.3) is 10.0 Å². The molecule has 0 aliphatic rings. The number of aryl methyl sites for hydroxylation is 2. The third-order valence-corrected chi connectivity index (χ3v) is 5.58. The number of carboxylic acid groups (broad SMARTS) is 1. The second kappa shape index (κ2) is 7.59. The van der Waals surface area contributed by atoms with Gasteiger partial charge in [0.05, 0.1) is 21.9 Å². The molecule has 0 spiro atoms. The Morgan fingerprint density at radius 3 is 2.62 bits per heavy atom. The molecule has 0 saturated carbocycles. The summed E-state index contributed by atoms with van der Waals surface area (Å²) < 4.78 is 25.0. The lowest BCUT2D eigenvalue weighted by atomic mass is 10.2. The molecule has 0 amide bonds. The number of rotatable bonds is 7. The highest BCUT2D eigenvalue weighted by molar-refractivity contribution is 7.89. The van der Waals surface area contributed by atoms with Crippen LogP contribution in [-0.4, -0.2) is 25.2 Å². The molecule has 24 heavy (non-hydrogen) atoms. The molecule has 2 aromatic rings. The average Bonchev–Trinajstić information content (AvgIpc) is 3.03. The first-order valence-electron chi connectivity index (χ1n) is 7.21. The lowest BCUT2D eigenvalue weighted by molar-refractivity contribution is -0.136. The van der Waals surface area contributed by atoms with Crippen LogP contribution in [-0.2, 0) is 14.8 Å². The number of carbonyl (C=O) groups is 1. The minimum atomic E-state index is -3.82. The number of aliphatic carboxylic acids is 1. The second-order valence-electron chi connectivity index (χ2n) is 5.29. The van der Waals surface area contributed by atoms with E-state index in [-0.39, 0.29) is 17.7 Å². The lowest BCUT2D eigenvalue weighted by Gasteiger charge is -2.09. The van der Waals surface area contributed by atoms with Crippen LogP contribution in [0.1, 0.15) is 28.8 Å². The van der Waals surface area contributed by atoms with Crippen LogP contribution in [0.5, 0.6) is 0 Å². The summed E-state index contributed by atoms with van der Waals surface area (Å²) in [6, 6.07) is 8.72. The van der Waals surface area contributed by atoms with E-state index < -0.39 is 16.0 Å². The predicted octanol–water partition coefficient (Wildman–Crippen LogP) is 2.91. The Morgan fingerprint density at radius 2 is 2.00 bits per heavy atom. The van der Waals surface area contributed by atoms with Crippen molar-refractivity contribution in [3.05, 3.63) is 51.7 Å². The van der Waals surface area contributed by atoms with E-state index in [0.717, 1.165) is 10.4 Å². The van der Waals surface area contributed by atoms with Gasteiger partial charge in [-0.05, 0) is 42.5 Å². The zero-order chi connectivity index (χ0) is 17.7. The van der Waals surface area contributed by atoms with Crippen molar-refractivity contribution in [2.75, 3.05) is 0 Å². The summed E-state index contributed by atoms with van der Waals surface area (Å²) >= 11 is 1.38. The van der Waals surface area contributed by atoms with Gasteiger partial charge in [-0.3, -0.25) is 4.79 Å². The van der Waals surface area contributed by atoms with Crippen LogP contribution in [0.4, 0.5) is 0 Å². The fourth-order valence-corrected chi connectivity index (χ4v) is 3.97. The first-order valence-corrected chi connectivity index (χ1v) is 9.57. The van der Waals surface area contributed by atoms with Crippen LogP contribution < -0.4 is 4.83 Å². The molecule has 6 nitrogen and oxygen atoms in total. The minimum Gasteiger partial charge on any atom is -0.481 e. The van der Waals surface area contributed by atoms with Crippen LogP contribution in [0, 0.1) is 13.8 Å². The van der Waals surface area contributed by atoms with Gasteiger partial charge in [-0.2, -0.15) is 18.4 Å². The maximum atomic E-state index is 12.5. The van der Waals surface area contributed by atoms with Crippen molar-refractivity contribution < 1.29 is 18.3 Å². The summed E-state index contributed by atoms with van der Waals surface area (Å²) in [7, 11) is -3.82. The lowest BCUT2D eigenvalue weighted by Crippen LogP contribution is -2.21. The number of hydrogen-bond donors (Lipinski definition) is 2. The van der Waals surface area contributed by atoms with Gasteiger partial charge in [0.1, 0.15) is 0 Å². The summed E-state index contributed by atoms with van der Waals surface area (Å²) in [5, 5.41) is 14.6. The summed E-state index contributed by atoms with van der Waals surface area (Å²) in [5.74, 6) is -0.961. The van der Waals surface area contributed by atoms with E-state index in [4.69, 9.17) is 5.11 Å². The number of benzene rings is 1. The van der Waals surface area contributed by atoms with Crippen LogP contribution in [0.2, 0.25) is 0 Å². The molecule has 0 radical (unpaired) electrons. The Bertz CT molecular complexity index is 856. The van der Waals surface area contributed by atoms with Gasteiger partial charge < -0.3 is 5.11 Å². The standard InChI is InChI=1S/C16H18N2O4S2/c1-11-5-6-12(2)15(10-11)24(21,22)18-17-13(7-8-16(19)20)14-4-3-9-23-14/h3-6,9-10,18H,7-8H2,1-2H3,(H,19,20)/b17-13-. The molecule has 0 aliphatic carbocycles. The normalized spacial score (nSPS) is 12.2. The summed E-state index contributed by atoms with van der Waals surface area (Å²) in [6.45, 7) is 3.52. The van der Waals surface area contributed by atoms with Gasteiger partial charge in [-0.15, -0.1) is 11.3 Å². The first-order chi connectivity index (χ1) is 11.3. The molecular formula is C16H18N2O4S2. The number of hydrazone groups is 1. The predicted molar refractivity (Wildman–Crippen MR) is 94.0 cm³/mol. The van der Waals surface area contributed by atoms with Gasteiger partial charge in [0, 0.05) is 6.42 Å². The average molecular weight is 366 g/mol. The number of thiophene rings is 1. The Hall–Kier alpha value is -2.19. The van der Waals surface area contributed by atoms with E-state index in [2.05, 4.69) is 9.93 Å². The van der Waals surface area contributed by atoms with Gasteiger partial charge in [0.15, 0.2) is 0 Å². The quantitative estimate of drug-likeness (QED) is 0.582. The van der Waals surface area contributed by atoms with E-state index in [1.807, 2.05) is 18.4 Å². The Labute approximate surface area is 144 Å². The van der Waals surface area contributed by atoms with Crippen molar-refractivity contribution in [1.82, 2.24) is 4.83 Å². The topological polar surface area (TPSA) is 95.8 Å². The molecule has 128 valence electrons. The van der Waals surface area contributed by atoms with Gasteiger partial charge >= 0.3 is 5.97 Å². The molecule has 1 aromatic carbocycles. The first kappa shape index (κ1) is 18.2. The largest absolute Gasteiger partial charge is 0.481 e. The molecule has 1 aromatic heterocycles.